The summed E-state index contributed by atoms with van der Waals surface area (Å²) in [4.78, 5) is 52.6. The van der Waals surface area contributed by atoms with Gasteiger partial charge in [0.2, 0.25) is 0 Å². The van der Waals surface area contributed by atoms with Crippen LogP contribution in [-0.2, 0) is 9.59 Å². The van der Waals surface area contributed by atoms with Gasteiger partial charge in [-0.15, -0.1) is 0 Å². The van der Waals surface area contributed by atoms with E-state index in [1.54, 1.807) is 12.1 Å². The second-order valence-corrected chi connectivity index (χ2v) is 7.89. The van der Waals surface area contributed by atoms with Crippen molar-refractivity contribution >= 4 is 40.8 Å². The summed E-state index contributed by atoms with van der Waals surface area (Å²) in [5, 5.41) is -0.0346. The number of piperidine rings is 1. The number of rotatable bonds is 3. The standard InChI is InChI=1S/C23H20ClNO6/c1-12(26)30-22-16-17(21(29)15-9-5-4-8-14(15)20(16)28)23(31-13(2)27)19(18(22)24)25-10-6-3-7-11-25/h4-5,8-9H,3,6-7,10-11H2,1-2H3. The van der Waals surface area contributed by atoms with Crippen LogP contribution in [0, 0.1) is 0 Å². The Labute approximate surface area is 183 Å². The average Bonchev–Trinajstić information content (AvgIpc) is 2.74. The molecule has 1 aliphatic carbocycles. The van der Waals surface area contributed by atoms with Crippen LogP contribution in [0.2, 0.25) is 5.02 Å². The van der Waals surface area contributed by atoms with E-state index in [0.29, 0.717) is 13.1 Å². The number of benzene rings is 2. The molecular formula is C23H20ClNO6. The van der Waals surface area contributed by atoms with Gasteiger partial charge in [-0.05, 0) is 19.3 Å². The zero-order valence-corrected chi connectivity index (χ0v) is 17.9. The summed E-state index contributed by atoms with van der Waals surface area (Å²) in [7, 11) is 0. The fourth-order valence-corrected chi connectivity index (χ4v) is 4.47. The number of halogens is 1. The van der Waals surface area contributed by atoms with Gasteiger partial charge < -0.3 is 14.4 Å². The van der Waals surface area contributed by atoms with Crippen LogP contribution in [0.3, 0.4) is 0 Å². The van der Waals surface area contributed by atoms with Crippen LogP contribution in [-0.4, -0.2) is 36.6 Å². The monoisotopic (exact) mass is 441 g/mol. The number of nitrogens with zero attached hydrogens (tertiary/aromatic N) is 1. The van der Waals surface area contributed by atoms with E-state index in [4.69, 9.17) is 21.1 Å². The molecule has 1 heterocycles. The maximum atomic E-state index is 13.5. The molecule has 160 valence electrons. The van der Waals surface area contributed by atoms with E-state index in [2.05, 4.69) is 0 Å². The zero-order valence-electron chi connectivity index (χ0n) is 17.1. The van der Waals surface area contributed by atoms with Crippen LogP contribution in [0.25, 0.3) is 0 Å². The summed E-state index contributed by atoms with van der Waals surface area (Å²) >= 11 is 6.68. The molecule has 0 spiro atoms. The highest BCUT2D eigenvalue weighted by molar-refractivity contribution is 6.39. The number of carbonyl (C=O) groups excluding carboxylic acids is 4. The lowest BCUT2D eigenvalue weighted by Gasteiger charge is -2.33. The lowest BCUT2D eigenvalue weighted by molar-refractivity contribution is -0.133. The third-order valence-corrected chi connectivity index (χ3v) is 5.71. The largest absolute Gasteiger partial charge is 0.424 e. The summed E-state index contributed by atoms with van der Waals surface area (Å²) in [5.41, 5.74) is 0.367. The molecule has 4 rings (SSSR count). The quantitative estimate of drug-likeness (QED) is 0.449. The zero-order chi connectivity index (χ0) is 22.3. The summed E-state index contributed by atoms with van der Waals surface area (Å²) < 4.78 is 10.9. The van der Waals surface area contributed by atoms with Crippen molar-refractivity contribution in [3.05, 3.63) is 51.5 Å². The molecule has 8 heteroatoms. The van der Waals surface area contributed by atoms with E-state index in [9.17, 15) is 19.2 Å². The summed E-state index contributed by atoms with van der Waals surface area (Å²) in [6.45, 7) is 3.63. The van der Waals surface area contributed by atoms with E-state index in [0.717, 1.165) is 19.3 Å². The Morgan fingerprint density at radius 2 is 1.32 bits per heavy atom. The maximum absolute atomic E-state index is 13.5. The molecule has 0 radical (unpaired) electrons. The third-order valence-electron chi connectivity index (χ3n) is 5.36. The fourth-order valence-electron chi connectivity index (χ4n) is 4.13. The van der Waals surface area contributed by atoms with E-state index in [1.807, 2.05) is 4.90 Å². The molecule has 0 N–H and O–H groups in total. The van der Waals surface area contributed by atoms with E-state index < -0.39 is 23.5 Å². The molecule has 31 heavy (non-hydrogen) atoms. The average molecular weight is 442 g/mol. The van der Waals surface area contributed by atoms with Gasteiger partial charge in [-0.1, -0.05) is 35.9 Å². The maximum Gasteiger partial charge on any atom is 0.308 e. The minimum absolute atomic E-state index is 0.0346. The Bertz CT molecular complexity index is 1130. The van der Waals surface area contributed by atoms with Crippen molar-refractivity contribution in [2.24, 2.45) is 0 Å². The number of ketones is 2. The Balaban J connectivity index is 2.09. The van der Waals surface area contributed by atoms with Crippen molar-refractivity contribution in [2.75, 3.05) is 18.0 Å². The van der Waals surface area contributed by atoms with Crippen LogP contribution in [0.15, 0.2) is 24.3 Å². The number of hydrogen-bond acceptors (Lipinski definition) is 7. The van der Waals surface area contributed by atoms with Crippen molar-refractivity contribution in [2.45, 2.75) is 33.1 Å². The van der Waals surface area contributed by atoms with Gasteiger partial charge in [0, 0.05) is 38.1 Å². The van der Waals surface area contributed by atoms with Gasteiger partial charge in [0.15, 0.2) is 23.1 Å². The first-order valence-corrected chi connectivity index (χ1v) is 10.4. The van der Waals surface area contributed by atoms with Crippen LogP contribution >= 0.6 is 11.6 Å². The first-order chi connectivity index (χ1) is 14.8. The summed E-state index contributed by atoms with van der Waals surface area (Å²) in [6.07, 6.45) is 2.79. The minimum atomic E-state index is -0.687. The first kappa shape index (κ1) is 21.1. The molecular weight excluding hydrogens is 422 g/mol. The molecule has 0 amide bonds. The third kappa shape index (κ3) is 3.59. The lowest BCUT2D eigenvalue weighted by Crippen LogP contribution is -2.32. The Kier molecular flexibility index (Phi) is 5.54. The molecule has 0 atom stereocenters. The number of esters is 2. The van der Waals surface area contributed by atoms with Crippen molar-refractivity contribution in [3.8, 4) is 11.5 Å². The summed E-state index contributed by atoms with van der Waals surface area (Å²) in [6, 6.07) is 6.34. The van der Waals surface area contributed by atoms with Crippen LogP contribution < -0.4 is 14.4 Å². The number of ether oxygens (including phenoxy) is 2. The second-order valence-electron chi connectivity index (χ2n) is 7.51. The van der Waals surface area contributed by atoms with Crippen LogP contribution in [0.5, 0.6) is 11.5 Å². The highest BCUT2D eigenvalue weighted by Gasteiger charge is 2.40. The predicted molar refractivity (Wildman–Crippen MR) is 113 cm³/mol. The second kappa shape index (κ2) is 8.15. The van der Waals surface area contributed by atoms with Gasteiger partial charge >= 0.3 is 11.9 Å². The Morgan fingerprint density at radius 1 is 0.839 bits per heavy atom. The lowest BCUT2D eigenvalue weighted by atomic mass is 9.82. The van der Waals surface area contributed by atoms with Gasteiger partial charge in [0.1, 0.15) is 10.7 Å². The van der Waals surface area contributed by atoms with Gasteiger partial charge in [0.25, 0.3) is 0 Å². The molecule has 2 aromatic carbocycles. The van der Waals surface area contributed by atoms with Gasteiger partial charge in [-0.3, -0.25) is 19.2 Å². The predicted octanol–water partition coefficient (Wildman–Crippen LogP) is 3.96. The van der Waals surface area contributed by atoms with Gasteiger partial charge in [0.05, 0.1) is 11.1 Å². The smallest absolute Gasteiger partial charge is 0.308 e. The molecule has 7 nitrogen and oxygen atoms in total. The number of anilines is 1. The van der Waals surface area contributed by atoms with E-state index in [1.165, 1.54) is 26.0 Å². The molecule has 0 saturated carbocycles. The normalized spacial score (nSPS) is 15.3. The van der Waals surface area contributed by atoms with E-state index in [-0.39, 0.29) is 44.5 Å². The van der Waals surface area contributed by atoms with Crippen molar-refractivity contribution < 1.29 is 28.7 Å². The molecule has 1 saturated heterocycles. The molecule has 2 aromatic rings. The van der Waals surface area contributed by atoms with Crippen molar-refractivity contribution in [1.82, 2.24) is 0 Å². The van der Waals surface area contributed by atoms with Crippen LogP contribution in [0.4, 0.5) is 5.69 Å². The number of carbonyl (C=O) groups is 4. The molecule has 0 bridgehead atoms. The molecule has 0 aromatic heterocycles. The highest BCUT2D eigenvalue weighted by atomic mass is 35.5. The SMILES string of the molecule is CC(=O)Oc1c(Cl)c(N2CCCCC2)c(OC(C)=O)c2c1C(=O)c1ccccc1C2=O. The van der Waals surface area contributed by atoms with E-state index >= 15 is 0 Å². The van der Waals surface area contributed by atoms with Crippen molar-refractivity contribution in [1.29, 1.82) is 0 Å². The molecule has 2 aliphatic rings. The first-order valence-electron chi connectivity index (χ1n) is 10.0. The number of hydrogen-bond donors (Lipinski definition) is 0. The number of fused-ring (bicyclic) bond motifs is 2. The highest BCUT2D eigenvalue weighted by Crippen LogP contribution is 2.51. The fraction of sp³-hybridized carbons (Fsp3) is 0.304. The molecule has 1 aliphatic heterocycles. The van der Waals surface area contributed by atoms with Crippen LogP contribution in [0.1, 0.15) is 65.0 Å². The summed E-state index contributed by atoms with van der Waals surface area (Å²) in [5.74, 6) is -2.62. The minimum Gasteiger partial charge on any atom is -0.424 e. The molecule has 1 fully saturated rings. The Hall–Kier alpha value is -3.19. The van der Waals surface area contributed by atoms with Gasteiger partial charge in [-0.2, -0.15) is 0 Å². The topological polar surface area (TPSA) is 90.0 Å². The molecule has 0 unspecified atom stereocenters. The Morgan fingerprint density at radius 3 is 1.84 bits per heavy atom. The van der Waals surface area contributed by atoms with Crippen molar-refractivity contribution in [3.63, 3.8) is 0 Å². The van der Waals surface area contributed by atoms with Gasteiger partial charge in [-0.25, -0.2) is 0 Å².